The molecular weight excluding hydrogens is 244 g/mol. The SMILES string of the molecule is COc1ccc2c(c1OC(C)C)CCC(O)CC2=O. The first kappa shape index (κ1) is 13.9. The van der Waals surface area contributed by atoms with Gasteiger partial charge in [0.05, 0.1) is 19.3 Å². The summed E-state index contributed by atoms with van der Waals surface area (Å²) >= 11 is 0. The van der Waals surface area contributed by atoms with Crippen molar-refractivity contribution in [2.24, 2.45) is 0 Å². The molecule has 4 heteroatoms. The fourth-order valence-corrected chi connectivity index (χ4v) is 2.38. The van der Waals surface area contributed by atoms with E-state index in [1.807, 2.05) is 13.8 Å². The highest BCUT2D eigenvalue weighted by molar-refractivity contribution is 5.99. The Morgan fingerprint density at radius 3 is 2.74 bits per heavy atom. The van der Waals surface area contributed by atoms with E-state index in [0.717, 1.165) is 5.56 Å². The molecule has 0 radical (unpaired) electrons. The van der Waals surface area contributed by atoms with E-state index >= 15 is 0 Å². The number of carbonyl (C=O) groups excluding carboxylic acids is 1. The summed E-state index contributed by atoms with van der Waals surface area (Å²) < 4.78 is 11.1. The van der Waals surface area contributed by atoms with Gasteiger partial charge in [0.2, 0.25) is 0 Å². The van der Waals surface area contributed by atoms with Gasteiger partial charge in [0, 0.05) is 17.5 Å². The molecule has 0 aromatic heterocycles. The van der Waals surface area contributed by atoms with Gasteiger partial charge >= 0.3 is 0 Å². The lowest BCUT2D eigenvalue weighted by Crippen LogP contribution is -2.11. The standard InChI is InChI=1S/C15H20O4/c1-9(2)19-15-12-5-4-10(16)8-13(17)11(12)6-7-14(15)18-3/h6-7,9-10,16H,4-5,8H2,1-3H3. The molecule has 0 aliphatic heterocycles. The highest BCUT2D eigenvalue weighted by Gasteiger charge is 2.26. The highest BCUT2D eigenvalue weighted by Crippen LogP contribution is 2.37. The van der Waals surface area contributed by atoms with Crippen LogP contribution in [-0.2, 0) is 6.42 Å². The minimum absolute atomic E-state index is 0.00341. The Hall–Kier alpha value is -1.55. The van der Waals surface area contributed by atoms with Crippen LogP contribution in [0.5, 0.6) is 11.5 Å². The van der Waals surface area contributed by atoms with Crippen LogP contribution in [0.25, 0.3) is 0 Å². The maximum atomic E-state index is 12.1. The van der Waals surface area contributed by atoms with Crippen LogP contribution in [0.2, 0.25) is 0 Å². The van der Waals surface area contributed by atoms with Gasteiger partial charge in [-0.25, -0.2) is 0 Å². The van der Waals surface area contributed by atoms with Crippen LogP contribution < -0.4 is 9.47 Å². The molecule has 1 N–H and O–H groups in total. The minimum atomic E-state index is -0.571. The molecule has 104 valence electrons. The second-order valence-electron chi connectivity index (χ2n) is 5.11. The van der Waals surface area contributed by atoms with E-state index in [1.165, 1.54) is 0 Å². The fraction of sp³-hybridized carbons (Fsp3) is 0.533. The summed E-state index contributed by atoms with van der Waals surface area (Å²) in [6.07, 6.45) is 0.809. The molecule has 2 rings (SSSR count). The number of ether oxygens (including phenoxy) is 2. The highest BCUT2D eigenvalue weighted by atomic mass is 16.5. The number of benzene rings is 1. The zero-order valence-electron chi connectivity index (χ0n) is 11.6. The number of aliphatic hydroxyl groups excluding tert-OH is 1. The van der Waals surface area contributed by atoms with E-state index in [-0.39, 0.29) is 18.3 Å². The number of rotatable bonds is 3. The van der Waals surface area contributed by atoms with E-state index in [9.17, 15) is 9.90 Å². The lowest BCUT2D eigenvalue weighted by molar-refractivity contribution is 0.0882. The van der Waals surface area contributed by atoms with Gasteiger partial charge in [0.1, 0.15) is 0 Å². The molecule has 0 amide bonds. The first-order chi connectivity index (χ1) is 9.02. The maximum absolute atomic E-state index is 12.1. The number of hydrogen-bond acceptors (Lipinski definition) is 4. The van der Waals surface area contributed by atoms with Crippen molar-refractivity contribution < 1.29 is 19.4 Å². The van der Waals surface area contributed by atoms with Crippen molar-refractivity contribution in [3.8, 4) is 11.5 Å². The first-order valence-corrected chi connectivity index (χ1v) is 6.60. The third-order valence-corrected chi connectivity index (χ3v) is 3.25. The second kappa shape index (κ2) is 5.61. The number of methoxy groups -OCH3 is 1. The number of Topliss-reactive ketones (excluding diaryl/α,β-unsaturated/α-hetero) is 1. The molecule has 0 spiro atoms. The van der Waals surface area contributed by atoms with Gasteiger partial charge in [0.25, 0.3) is 0 Å². The van der Waals surface area contributed by atoms with Crippen LogP contribution in [0.3, 0.4) is 0 Å². The average molecular weight is 264 g/mol. The molecule has 0 bridgehead atoms. The minimum Gasteiger partial charge on any atom is -0.493 e. The first-order valence-electron chi connectivity index (χ1n) is 6.60. The Bertz CT molecular complexity index is 479. The summed E-state index contributed by atoms with van der Waals surface area (Å²) in [5.41, 5.74) is 1.50. The average Bonchev–Trinajstić information content (AvgIpc) is 2.49. The second-order valence-corrected chi connectivity index (χ2v) is 5.11. The lowest BCUT2D eigenvalue weighted by Gasteiger charge is -2.18. The predicted molar refractivity (Wildman–Crippen MR) is 72.0 cm³/mol. The number of ketones is 1. The zero-order chi connectivity index (χ0) is 14.0. The molecule has 0 heterocycles. The summed E-state index contributed by atoms with van der Waals surface area (Å²) in [7, 11) is 1.59. The van der Waals surface area contributed by atoms with Crippen molar-refractivity contribution in [1.29, 1.82) is 0 Å². The van der Waals surface area contributed by atoms with Crippen molar-refractivity contribution in [1.82, 2.24) is 0 Å². The van der Waals surface area contributed by atoms with Gasteiger partial charge in [-0.2, -0.15) is 0 Å². The van der Waals surface area contributed by atoms with Crippen LogP contribution in [0, 0.1) is 0 Å². The molecule has 1 aromatic rings. The summed E-state index contributed by atoms with van der Waals surface area (Å²) in [5, 5.41) is 9.74. The van der Waals surface area contributed by atoms with E-state index in [4.69, 9.17) is 9.47 Å². The van der Waals surface area contributed by atoms with Crippen molar-refractivity contribution in [3.05, 3.63) is 23.3 Å². The summed E-state index contributed by atoms with van der Waals surface area (Å²) in [6, 6.07) is 3.52. The third-order valence-electron chi connectivity index (χ3n) is 3.25. The van der Waals surface area contributed by atoms with E-state index in [1.54, 1.807) is 19.2 Å². The van der Waals surface area contributed by atoms with E-state index in [0.29, 0.717) is 29.9 Å². The molecule has 0 saturated carbocycles. The third kappa shape index (κ3) is 2.89. The van der Waals surface area contributed by atoms with Crippen molar-refractivity contribution in [2.45, 2.75) is 45.3 Å². The normalized spacial score (nSPS) is 19.0. The Morgan fingerprint density at radius 1 is 1.37 bits per heavy atom. The number of fused-ring (bicyclic) bond motifs is 1. The largest absolute Gasteiger partial charge is 0.493 e. The van der Waals surface area contributed by atoms with Gasteiger partial charge in [-0.05, 0) is 38.8 Å². The monoisotopic (exact) mass is 264 g/mol. The molecule has 1 aliphatic rings. The van der Waals surface area contributed by atoms with E-state index < -0.39 is 6.10 Å². The van der Waals surface area contributed by atoms with Crippen molar-refractivity contribution in [3.63, 3.8) is 0 Å². The van der Waals surface area contributed by atoms with Gasteiger partial charge in [-0.1, -0.05) is 0 Å². The van der Waals surface area contributed by atoms with E-state index in [2.05, 4.69) is 0 Å². The number of hydrogen-bond donors (Lipinski definition) is 1. The van der Waals surface area contributed by atoms with Gasteiger partial charge in [-0.3, -0.25) is 4.79 Å². The zero-order valence-corrected chi connectivity index (χ0v) is 11.6. The Morgan fingerprint density at radius 2 is 2.11 bits per heavy atom. The van der Waals surface area contributed by atoms with Gasteiger partial charge in [0.15, 0.2) is 17.3 Å². The smallest absolute Gasteiger partial charge is 0.165 e. The number of aliphatic hydroxyl groups is 1. The Balaban J connectivity index is 2.51. The van der Waals surface area contributed by atoms with Crippen molar-refractivity contribution >= 4 is 5.78 Å². The molecule has 0 saturated heterocycles. The van der Waals surface area contributed by atoms with Crippen LogP contribution in [0.15, 0.2) is 12.1 Å². The molecule has 0 fully saturated rings. The topological polar surface area (TPSA) is 55.8 Å². The summed E-state index contributed by atoms with van der Waals surface area (Å²) in [5.74, 6) is 1.24. The molecule has 1 atom stereocenters. The van der Waals surface area contributed by atoms with Crippen LogP contribution in [-0.4, -0.2) is 30.2 Å². The Kier molecular flexibility index (Phi) is 4.10. The maximum Gasteiger partial charge on any atom is 0.165 e. The molecule has 1 unspecified atom stereocenters. The van der Waals surface area contributed by atoms with Gasteiger partial charge in [-0.15, -0.1) is 0 Å². The summed E-state index contributed by atoms with van der Waals surface area (Å²) in [6.45, 7) is 3.87. The molecule has 1 aromatic carbocycles. The quantitative estimate of drug-likeness (QED) is 0.851. The predicted octanol–water partition coefficient (Wildman–Crippen LogP) is 2.36. The molecule has 1 aliphatic carbocycles. The number of carbonyl (C=O) groups is 1. The van der Waals surface area contributed by atoms with Gasteiger partial charge < -0.3 is 14.6 Å². The molecule has 4 nitrogen and oxygen atoms in total. The van der Waals surface area contributed by atoms with Crippen LogP contribution >= 0.6 is 0 Å². The van der Waals surface area contributed by atoms with Crippen LogP contribution in [0.1, 0.15) is 42.6 Å². The van der Waals surface area contributed by atoms with Crippen LogP contribution in [0.4, 0.5) is 0 Å². The van der Waals surface area contributed by atoms with Crippen molar-refractivity contribution in [2.75, 3.05) is 7.11 Å². The molecule has 19 heavy (non-hydrogen) atoms. The summed E-state index contributed by atoms with van der Waals surface area (Å²) in [4.78, 5) is 12.1. The lowest BCUT2D eigenvalue weighted by atomic mass is 10.0. The molecular formula is C15H20O4. The Labute approximate surface area is 113 Å². The fourth-order valence-electron chi connectivity index (χ4n) is 2.38.